The van der Waals surface area contributed by atoms with Gasteiger partial charge in [-0.05, 0) is 12.1 Å². The van der Waals surface area contributed by atoms with E-state index in [0.29, 0.717) is 12.5 Å². The Morgan fingerprint density at radius 1 is 1.31 bits per heavy atom. The van der Waals surface area contributed by atoms with Gasteiger partial charge in [0.25, 0.3) is 0 Å². The van der Waals surface area contributed by atoms with E-state index in [0.717, 1.165) is 17.9 Å². The molecule has 0 fully saturated rings. The molecule has 82 valence electrons. The topological polar surface area (TPSA) is 54.1 Å². The van der Waals surface area contributed by atoms with Gasteiger partial charge in [0.15, 0.2) is 5.75 Å². The van der Waals surface area contributed by atoms with Gasteiger partial charge < -0.3 is 10.6 Å². The molecule has 0 bridgehead atoms. The Kier molecular flexibility index (Phi) is 1.96. The van der Waals surface area contributed by atoms with E-state index < -0.39 is 0 Å². The van der Waals surface area contributed by atoms with Crippen LogP contribution in [0.15, 0.2) is 35.5 Å². The molecule has 16 heavy (non-hydrogen) atoms. The van der Waals surface area contributed by atoms with E-state index in [-0.39, 0.29) is 0 Å². The molecule has 0 unspecified atom stereocenters. The molecule has 2 aliphatic rings. The first-order chi connectivity index (χ1) is 7.84. The average molecular weight is 216 g/mol. The van der Waals surface area contributed by atoms with Crippen LogP contribution in [0, 0.1) is 0 Å². The van der Waals surface area contributed by atoms with Crippen LogP contribution in [-0.4, -0.2) is 29.2 Å². The Bertz CT molecular complexity index is 469. The molecule has 0 atom stereocenters. The van der Waals surface area contributed by atoms with Gasteiger partial charge in [-0.2, -0.15) is 0 Å². The maximum absolute atomic E-state index is 5.75. The van der Waals surface area contributed by atoms with Crippen molar-refractivity contribution in [2.75, 3.05) is 13.1 Å². The van der Waals surface area contributed by atoms with E-state index in [1.807, 2.05) is 36.5 Å². The number of benzene rings is 1. The van der Waals surface area contributed by atoms with E-state index in [1.165, 1.54) is 0 Å². The number of nitrogens with zero attached hydrogens (tertiary/aromatic N) is 3. The first-order valence-electron chi connectivity index (χ1n) is 5.16. The maximum atomic E-state index is 5.75. The van der Waals surface area contributed by atoms with Crippen LogP contribution in [0.2, 0.25) is 0 Å². The van der Waals surface area contributed by atoms with Crippen molar-refractivity contribution < 1.29 is 4.84 Å². The molecule has 5 heteroatoms. The van der Waals surface area contributed by atoms with Crippen LogP contribution in [-0.2, 0) is 0 Å². The first kappa shape index (κ1) is 9.08. The Morgan fingerprint density at radius 2 is 2.19 bits per heavy atom. The van der Waals surface area contributed by atoms with E-state index in [1.54, 1.807) is 10.2 Å². The van der Waals surface area contributed by atoms with Gasteiger partial charge in [-0.15, -0.1) is 5.17 Å². The predicted octanol–water partition coefficient (Wildman–Crippen LogP) is 0.812. The molecule has 2 aliphatic heterocycles. The monoisotopic (exact) mass is 216 g/mol. The molecule has 2 N–H and O–H groups in total. The lowest BCUT2D eigenvalue weighted by atomic mass is 10.2. The maximum Gasteiger partial charge on any atom is 0.213 e. The van der Waals surface area contributed by atoms with Crippen LogP contribution in [0.1, 0.15) is 5.56 Å². The molecule has 2 heterocycles. The summed E-state index contributed by atoms with van der Waals surface area (Å²) in [4.78, 5) is 9.81. The second kappa shape index (κ2) is 3.44. The predicted molar refractivity (Wildman–Crippen MR) is 61.1 cm³/mol. The van der Waals surface area contributed by atoms with Gasteiger partial charge in [-0.25, -0.2) is 10.0 Å². The van der Waals surface area contributed by atoms with Crippen molar-refractivity contribution in [2.45, 2.75) is 0 Å². The van der Waals surface area contributed by atoms with E-state index in [2.05, 4.69) is 4.99 Å². The molecular formula is C11H12N4O. The van der Waals surface area contributed by atoms with Crippen LogP contribution in [0.25, 0.3) is 6.08 Å². The van der Waals surface area contributed by atoms with E-state index in [4.69, 9.17) is 10.6 Å². The van der Waals surface area contributed by atoms with Gasteiger partial charge >= 0.3 is 0 Å². The average Bonchev–Trinajstić information content (AvgIpc) is 2.75. The summed E-state index contributed by atoms with van der Waals surface area (Å²) in [6.45, 7) is 1.46. The minimum absolute atomic E-state index is 0.490. The lowest BCUT2D eigenvalue weighted by molar-refractivity contribution is -0.138. The largest absolute Gasteiger partial charge is 0.368 e. The molecule has 5 nitrogen and oxygen atoms in total. The summed E-state index contributed by atoms with van der Waals surface area (Å²) >= 11 is 0. The summed E-state index contributed by atoms with van der Waals surface area (Å²) < 4.78 is 0. The van der Waals surface area contributed by atoms with Gasteiger partial charge in [-0.1, -0.05) is 18.2 Å². The molecule has 0 saturated heterocycles. The summed E-state index contributed by atoms with van der Waals surface area (Å²) in [6, 6.07) is 7.85. The zero-order chi connectivity index (χ0) is 11.0. The third kappa shape index (κ3) is 1.37. The molecule has 0 aliphatic carbocycles. The Balaban J connectivity index is 1.86. The van der Waals surface area contributed by atoms with Gasteiger partial charge in [0.1, 0.15) is 0 Å². The Labute approximate surface area is 93.3 Å². The number of rotatable bonds is 1. The Morgan fingerprint density at radius 3 is 3.00 bits per heavy atom. The summed E-state index contributed by atoms with van der Waals surface area (Å²) in [5.41, 5.74) is 6.81. The van der Waals surface area contributed by atoms with Crippen molar-refractivity contribution in [3.05, 3.63) is 36.0 Å². The van der Waals surface area contributed by atoms with Gasteiger partial charge in [0.2, 0.25) is 5.96 Å². The van der Waals surface area contributed by atoms with Crippen LogP contribution >= 0.6 is 0 Å². The van der Waals surface area contributed by atoms with Crippen LogP contribution in [0.3, 0.4) is 0 Å². The zero-order valence-electron chi connectivity index (χ0n) is 8.71. The molecule has 0 radical (unpaired) electrons. The second-order valence-electron chi connectivity index (χ2n) is 3.61. The fraction of sp³-hybridized carbons (Fsp3) is 0.182. The highest BCUT2D eigenvalue weighted by Crippen LogP contribution is 2.25. The molecule has 0 aromatic heterocycles. The molecule has 0 spiro atoms. The van der Waals surface area contributed by atoms with Crippen molar-refractivity contribution in [3.8, 4) is 5.75 Å². The lowest BCUT2D eigenvalue weighted by Crippen LogP contribution is -2.47. The van der Waals surface area contributed by atoms with E-state index in [9.17, 15) is 0 Å². The van der Waals surface area contributed by atoms with E-state index >= 15 is 0 Å². The molecule has 0 amide bonds. The summed E-state index contributed by atoms with van der Waals surface area (Å²) in [7, 11) is 0. The number of fused-ring (bicyclic) bond motifs is 1. The highest BCUT2D eigenvalue weighted by molar-refractivity contribution is 5.79. The third-order valence-electron chi connectivity index (χ3n) is 2.58. The number of hydrogen-bond donors (Lipinski definition) is 1. The smallest absolute Gasteiger partial charge is 0.213 e. The normalized spacial score (nSPS) is 18.1. The first-order valence-corrected chi connectivity index (χ1v) is 5.16. The van der Waals surface area contributed by atoms with Gasteiger partial charge in [0.05, 0.1) is 19.3 Å². The molecule has 1 aromatic carbocycles. The van der Waals surface area contributed by atoms with Crippen LogP contribution < -0.4 is 10.6 Å². The summed E-state index contributed by atoms with van der Waals surface area (Å²) in [5.74, 6) is 1.31. The molecule has 3 rings (SSSR count). The van der Waals surface area contributed by atoms with Gasteiger partial charge in [0, 0.05) is 5.56 Å². The number of hydrogen-bond acceptors (Lipinski definition) is 5. The van der Waals surface area contributed by atoms with Crippen LogP contribution in [0.4, 0.5) is 0 Å². The summed E-state index contributed by atoms with van der Waals surface area (Å²) in [6.07, 6.45) is 3.83. The molecular weight excluding hydrogens is 204 g/mol. The minimum Gasteiger partial charge on any atom is -0.368 e. The molecule has 1 aromatic rings. The lowest BCUT2D eigenvalue weighted by Gasteiger charge is -2.32. The standard InChI is InChI=1S/C11H12N4O/c12-11-13-6-8-14(11)15-7-5-9-3-1-2-4-10(9)16-15/h1-5,7H,6,8H2,(H2,12,13). The fourth-order valence-electron chi connectivity index (χ4n) is 1.76. The van der Waals surface area contributed by atoms with Gasteiger partial charge in [-0.3, -0.25) is 0 Å². The highest BCUT2D eigenvalue weighted by atomic mass is 16.7. The van der Waals surface area contributed by atoms with Crippen molar-refractivity contribution in [1.29, 1.82) is 0 Å². The second-order valence-corrected chi connectivity index (χ2v) is 3.61. The number of hydrazine groups is 1. The quantitative estimate of drug-likeness (QED) is 0.754. The highest BCUT2D eigenvalue weighted by Gasteiger charge is 2.23. The minimum atomic E-state index is 0.490. The number of para-hydroxylation sites is 1. The number of hydroxylamine groups is 1. The molecule has 0 saturated carbocycles. The third-order valence-corrected chi connectivity index (χ3v) is 2.58. The van der Waals surface area contributed by atoms with Crippen LogP contribution in [0.5, 0.6) is 5.75 Å². The summed E-state index contributed by atoms with van der Waals surface area (Å²) in [5, 5.41) is 3.42. The SMILES string of the molecule is NC1=NCCN1N1C=Cc2ccccc2O1. The van der Waals surface area contributed by atoms with Crippen molar-refractivity contribution in [2.24, 2.45) is 10.7 Å². The Hall–Kier alpha value is -2.17. The number of nitrogens with two attached hydrogens (primary N) is 1. The zero-order valence-corrected chi connectivity index (χ0v) is 8.71. The van der Waals surface area contributed by atoms with Crippen molar-refractivity contribution in [3.63, 3.8) is 0 Å². The van der Waals surface area contributed by atoms with Crippen molar-refractivity contribution in [1.82, 2.24) is 10.2 Å². The number of aliphatic imine (C=N–C) groups is 1. The fourth-order valence-corrected chi connectivity index (χ4v) is 1.76. The number of guanidine groups is 1. The van der Waals surface area contributed by atoms with Crippen molar-refractivity contribution >= 4 is 12.0 Å².